The third-order valence-electron chi connectivity index (χ3n) is 7.09. The van der Waals surface area contributed by atoms with Gasteiger partial charge in [0.25, 0.3) is 5.91 Å². The number of nitrogen functional groups attached to an aromatic ring is 1. The molecule has 0 radical (unpaired) electrons. The Hall–Kier alpha value is -3.45. The second-order valence-corrected chi connectivity index (χ2v) is 8.90. The van der Waals surface area contributed by atoms with Gasteiger partial charge in [-0.25, -0.2) is 4.98 Å². The van der Waals surface area contributed by atoms with Gasteiger partial charge in [0, 0.05) is 42.2 Å². The van der Waals surface area contributed by atoms with Gasteiger partial charge in [0.15, 0.2) is 0 Å². The molecule has 3 aromatic rings. The molecule has 0 unspecified atom stereocenters. The average molecular weight is 446 g/mol. The molecule has 2 aromatic carbocycles. The number of carbonyl (C=O) groups is 2. The van der Waals surface area contributed by atoms with E-state index in [4.69, 9.17) is 11.5 Å². The zero-order chi connectivity index (χ0) is 23.4. The van der Waals surface area contributed by atoms with E-state index < -0.39 is 0 Å². The molecule has 1 aliphatic rings. The third-order valence-corrected chi connectivity index (χ3v) is 7.09. The van der Waals surface area contributed by atoms with Crippen molar-refractivity contribution in [2.75, 3.05) is 25.9 Å². The van der Waals surface area contributed by atoms with Crippen molar-refractivity contribution in [1.29, 1.82) is 0 Å². The number of fused-ring (bicyclic) bond motifs is 1. The number of likely N-dealkylation sites (N-methyl/N-ethyl adjacent to an activating group) is 1. The largest absolute Gasteiger partial charge is 0.383 e. The van der Waals surface area contributed by atoms with Crippen LogP contribution in [0, 0.1) is 0 Å². The number of anilines is 1. The summed E-state index contributed by atoms with van der Waals surface area (Å²) in [5.41, 5.74) is 13.8. The van der Waals surface area contributed by atoms with Gasteiger partial charge in [-0.15, -0.1) is 0 Å². The fourth-order valence-corrected chi connectivity index (χ4v) is 4.86. The summed E-state index contributed by atoms with van der Waals surface area (Å²) in [5.74, 6) is -0.0358. The maximum Gasteiger partial charge on any atom is 0.251 e. The maximum atomic E-state index is 12.8. The van der Waals surface area contributed by atoms with Crippen LogP contribution in [0.15, 0.2) is 60.8 Å². The summed E-state index contributed by atoms with van der Waals surface area (Å²) in [6.07, 6.45) is 5.29. The first-order valence-corrected chi connectivity index (χ1v) is 11.4. The van der Waals surface area contributed by atoms with Crippen molar-refractivity contribution in [2.45, 2.75) is 37.1 Å². The highest BCUT2D eigenvalue weighted by atomic mass is 16.2. The molecule has 33 heavy (non-hydrogen) atoms. The molecule has 172 valence electrons. The Balaban J connectivity index is 1.34. The lowest BCUT2D eigenvalue weighted by atomic mass is 9.68. The first-order chi connectivity index (χ1) is 15.9. The third kappa shape index (κ3) is 4.68. The Bertz CT molecular complexity index is 1140. The highest BCUT2D eigenvalue weighted by Crippen LogP contribution is 2.39. The van der Waals surface area contributed by atoms with E-state index in [0.717, 1.165) is 36.5 Å². The van der Waals surface area contributed by atoms with E-state index in [1.807, 2.05) is 25.2 Å². The fourth-order valence-electron chi connectivity index (χ4n) is 4.86. The lowest BCUT2D eigenvalue weighted by Crippen LogP contribution is -2.48. The van der Waals surface area contributed by atoms with Crippen LogP contribution in [0.5, 0.6) is 0 Å². The number of amides is 2. The van der Waals surface area contributed by atoms with Crippen molar-refractivity contribution in [3.8, 4) is 0 Å². The molecular formula is C26H31N5O2. The monoisotopic (exact) mass is 445 g/mol. The van der Waals surface area contributed by atoms with Gasteiger partial charge in [-0.05, 0) is 54.8 Å². The summed E-state index contributed by atoms with van der Waals surface area (Å²) < 4.78 is 0. The van der Waals surface area contributed by atoms with Crippen LogP contribution in [0.1, 0.15) is 41.6 Å². The fraction of sp³-hybridized carbons (Fsp3) is 0.346. The first-order valence-electron chi connectivity index (χ1n) is 11.4. The van der Waals surface area contributed by atoms with Crippen LogP contribution in [-0.2, 0) is 10.2 Å². The molecule has 2 amide bonds. The minimum atomic E-state index is -0.309. The van der Waals surface area contributed by atoms with Gasteiger partial charge in [0.1, 0.15) is 5.82 Å². The molecule has 1 saturated carbocycles. The SMILES string of the molecule is CN(C(=O)CNC(=O)c1ccc2ccnc(N)c2c1)C1CCC(CN)(c2ccccc2)CC1. The molecule has 4 rings (SSSR count). The van der Waals surface area contributed by atoms with Crippen LogP contribution in [0.4, 0.5) is 5.82 Å². The average Bonchev–Trinajstić information content (AvgIpc) is 2.87. The lowest BCUT2D eigenvalue weighted by Gasteiger charge is -2.42. The van der Waals surface area contributed by atoms with Gasteiger partial charge in [0.2, 0.25) is 5.91 Å². The van der Waals surface area contributed by atoms with Crippen LogP contribution in [0.25, 0.3) is 10.8 Å². The quantitative estimate of drug-likeness (QED) is 0.540. The molecule has 5 N–H and O–H groups in total. The molecular weight excluding hydrogens is 414 g/mol. The van der Waals surface area contributed by atoms with Crippen molar-refractivity contribution in [3.63, 3.8) is 0 Å². The molecule has 1 aliphatic carbocycles. The summed E-state index contributed by atoms with van der Waals surface area (Å²) in [4.78, 5) is 31.3. The van der Waals surface area contributed by atoms with E-state index in [0.29, 0.717) is 17.9 Å². The first kappa shape index (κ1) is 22.7. The number of hydrogen-bond acceptors (Lipinski definition) is 5. The standard InChI is InChI=1S/C26H31N5O2/c1-31(21-9-12-26(17-27,13-10-21)20-5-3-2-4-6-20)23(32)16-30-25(33)19-8-7-18-11-14-29-24(28)22(18)15-19/h2-8,11,14-15,21H,9-10,12-13,16-17,27H2,1H3,(H2,28,29)(H,30,33). The number of benzene rings is 2. The lowest BCUT2D eigenvalue weighted by molar-refractivity contribution is -0.131. The van der Waals surface area contributed by atoms with E-state index in [2.05, 4.69) is 34.6 Å². The minimum absolute atomic E-state index is 0.0251. The number of hydrogen-bond donors (Lipinski definition) is 3. The van der Waals surface area contributed by atoms with Crippen LogP contribution in [-0.4, -0.2) is 47.9 Å². The van der Waals surface area contributed by atoms with Gasteiger partial charge in [-0.1, -0.05) is 36.4 Å². The van der Waals surface area contributed by atoms with Crippen LogP contribution in [0.2, 0.25) is 0 Å². The van der Waals surface area contributed by atoms with Crippen LogP contribution >= 0.6 is 0 Å². The van der Waals surface area contributed by atoms with Crippen molar-refractivity contribution in [2.24, 2.45) is 5.73 Å². The zero-order valence-corrected chi connectivity index (χ0v) is 19.0. The Labute approximate surface area is 194 Å². The van der Waals surface area contributed by atoms with Gasteiger partial charge >= 0.3 is 0 Å². The van der Waals surface area contributed by atoms with E-state index >= 15 is 0 Å². The van der Waals surface area contributed by atoms with Crippen molar-refractivity contribution >= 4 is 28.4 Å². The van der Waals surface area contributed by atoms with Gasteiger partial charge in [-0.2, -0.15) is 0 Å². The van der Waals surface area contributed by atoms with Gasteiger partial charge in [0.05, 0.1) is 6.54 Å². The molecule has 0 saturated heterocycles. The molecule has 7 nitrogen and oxygen atoms in total. The Morgan fingerprint density at radius 1 is 1.12 bits per heavy atom. The molecule has 1 fully saturated rings. The number of rotatable bonds is 6. The zero-order valence-electron chi connectivity index (χ0n) is 19.0. The summed E-state index contributed by atoms with van der Waals surface area (Å²) in [6, 6.07) is 17.7. The molecule has 1 aromatic heterocycles. The predicted octanol–water partition coefficient (Wildman–Crippen LogP) is 2.84. The number of aromatic nitrogens is 1. The van der Waals surface area contributed by atoms with E-state index in [-0.39, 0.29) is 29.8 Å². The molecule has 1 heterocycles. The van der Waals surface area contributed by atoms with Crippen molar-refractivity contribution in [1.82, 2.24) is 15.2 Å². The highest BCUT2D eigenvalue weighted by Gasteiger charge is 2.37. The molecule has 0 atom stereocenters. The van der Waals surface area contributed by atoms with Crippen LogP contribution in [0.3, 0.4) is 0 Å². The number of nitrogens with zero attached hydrogens (tertiary/aromatic N) is 2. The summed E-state index contributed by atoms with van der Waals surface area (Å²) in [5, 5.41) is 4.38. The smallest absolute Gasteiger partial charge is 0.251 e. The van der Waals surface area contributed by atoms with E-state index in [9.17, 15) is 9.59 Å². The second-order valence-electron chi connectivity index (χ2n) is 8.90. The normalized spacial score (nSPS) is 20.4. The molecule has 0 aliphatic heterocycles. The van der Waals surface area contributed by atoms with Crippen molar-refractivity contribution in [3.05, 3.63) is 71.9 Å². The Morgan fingerprint density at radius 2 is 1.85 bits per heavy atom. The molecule has 7 heteroatoms. The number of carbonyl (C=O) groups excluding carboxylic acids is 2. The highest BCUT2D eigenvalue weighted by molar-refractivity contribution is 6.02. The summed E-state index contributed by atoms with van der Waals surface area (Å²) in [7, 11) is 1.82. The molecule has 0 bridgehead atoms. The van der Waals surface area contributed by atoms with Gasteiger partial charge in [-0.3, -0.25) is 9.59 Å². The van der Waals surface area contributed by atoms with E-state index in [1.54, 1.807) is 23.2 Å². The van der Waals surface area contributed by atoms with Gasteiger partial charge < -0.3 is 21.7 Å². The maximum absolute atomic E-state index is 12.8. The Morgan fingerprint density at radius 3 is 2.55 bits per heavy atom. The van der Waals surface area contributed by atoms with Crippen molar-refractivity contribution < 1.29 is 9.59 Å². The number of nitrogens with one attached hydrogen (secondary N) is 1. The van der Waals surface area contributed by atoms with E-state index in [1.165, 1.54) is 5.56 Å². The summed E-state index contributed by atoms with van der Waals surface area (Å²) >= 11 is 0. The second kappa shape index (κ2) is 9.58. The predicted molar refractivity (Wildman–Crippen MR) is 131 cm³/mol. The summed E-state index contributed by atoms with van der Waals surface area (Å²) in [6.45, 7) is 0.552. The number of nitrogens with two attached hydrogens (primary N) is 2. The topological polar surface area (TPSA) is 114 Å². The Kier molecular flexibility index (Phi) is 6.60. The van der Waals surface area contributed by atoms with Crippen LogP contribution < -0.4 is 16.8 Å². The number of pyridine rings is 1. The minimum Gasteiger partial charge on any atom is -0.383 e. The molecule has 0 spiro atoms.